The number of nitriles is 1. The van der Waals surface area contributed by atoms with Gasteiger partial charge in [-0.25, -0.2) is 4.98 Å². The van der Waals surface area contributed by atoms with Gasteiger partial charge in [0.2, 0.25) is 11.8 Å². The summed E-state index contributed by atoms with van der Waals surface area (Å²) in [6.45, 7) is -0.0263. The number of carbonyl (C=O) groups excluding carboxylic acids is 1. The minimum atomic E-state index is -0.524. The van der Waals surface area contributed by atoms with Gasteiger partial charge in [-0.3, -0.25) is 4.79 Å². The van der Waals surface area contributed by atoms with Gasteiger partial charge in [0, 0.05) is 11.1 Å². The average molecular weight is 363 g/mol. The number of rotatable bonds is 7. The standard InChI is InChI=1S/C20H17N3O4/c1-25-15-6-2-13(3-7-15)19-20(27-18(23-19)12-17(22)24)14-4-8-16(9-5-14)26-11-10-21/h2-9H,11-12H2,1H3,(H2,22,24). The van der Waals surface area contributed by atoms with Gasteiger partial charge in [-0.05, 0) is 48.5 Å². The summed E-state index contributed by atoms with van der Waals surface area (Å²) in [7, 11) is 1.59. The molecule has 27 heavy (non-hydrogen) atoms. The van der Waals surface area contributed by atoms with E-state index in [-0.39, 0.29) is 18.9 Å². The van der Waals surface area contributed by atoms with Crippen LogP contribution in [0.2, 0.25) is 0 Å². The molecule has 3 aromatic rings. The third-order valence-electron chi connectivity index (χ3n) is 3.78. The zero-order valence-electron chi connectivity index (χ0n) is 14.6. The third-order valence-corrected chi connectivity index (χ3v) is 3.78. The van der Waals surface area contributed by atoms with Crippen LogP contribution in [0.3, 0.4) is 0 Å². The Morgan fingerprint density at radius 2 is 1.74 bits per heavy atom. The quantitative estimate of drug-likeness (QED) is 0.691. The maximum atomic E-state index is 11.3. The molecule has 0 saturated carbocycles. The Balaban J connectivity index is 2.00. The zero-order valence-corrected chi connectivity index (χ0v) is 14.6. The summed E-state index contributed by atoms with van der Waals surface area (Å²) in [6.07, 6.45) is -0.0908. The molecule has 0 radical (unpaired) electrons. The molecular formula is C20H17N3O4. The molecule has 0 saturated heterocycles. The number of primary amides is 1. The van der Waals surface area contributed by atoms with Gasteiger partial charge in [0.25, 0.3) is 0 Å². The van der Waals surface area contributed by atoms with E-state index in [0.717, 1.165) is 16.9 Å². The van der Waals surface area contributed by atoms with Crippen LogP contribution in [-0.2, 0) is 11.2 Å². The van der Waals surface area contributed by atoms with Gasteiger partial charge in [-0.2, -0.15) is 5.26 Å². The molecule has 1 heterocycles. The van der Waals surface area contributed by atoms with Crippen molar-refractivity contribution in [3.8, 4) is 40.1 Å². The molecular weight excluding hydrogens is 346 g/mol. The highest BCUT2D eigenvalue weighted by Gasteiger charge is 2.18. The summed E-state index contributed by atoms with van der Waals surface area (Å²) in [5, 5.41) is 8.59. The Kier molecular flexibility index (Phi) is 5.38. The van der Waals surface area contributed by atoms with Crippen molar-refractivity contribution in [3.63, 3.8) is 0 Å². The molecule has 0 aliphatic heterocycles. The number of methoxy groups -OCH3 is 1. The number of ether oxygens (including phenoxy) is 2. The van der Waals surface area contributed by atoms with Crippen LogP contribution < -0.4 is 15.2 Å². The number of hydrogen-bond donors (Lipinski definition) is 1. The van der Waals surface area contributed by atoms with Crippen LogP contribution in [0.15, 0.2) is 52.9 Å². The first-order valence-corrected chi connectivity index (χ1v) is 8.13. The van der Waals surface area contributed by atoms with E-state index in [0.29, 0.717) is 17.2 Å². The lowest BCUT2D eigenvalue weighted by Gasteiger charge is -2.05. The summed E-state index contributed by atoms with van der Waals surface area (Å²) in [4.78, 5) is 15.7. The van der Waals surface area contributed by atoms with Crippen molar-refractivity contribution in [3.05, 3.63) is 54.4 Å². The highest BCUT2D eigenvalue weighted by molar-refractivity contribution is 5.79. The second-order valence-electron chi connectivity index (χ2n) is 5.63. The summed E-state index contributed by atoms with van der Waals surface area (Å²) in [5.41, 5.74) is 7.44. The SMILES string of the molecule is COc1ccc(-c2nc(CC(N)=O)oc2-c2ccc(OCC#N)cc2)cc1. The van der Waals surface area contributed by atoms with E-state index in [1.54, 1.807) is 31.4 Å². The van der Waals surface area contributed by atoms with Crippen LogP contribution in [0.1, 0.15) is 5.89 Å². The molecule has 136 valence electrons. The predicted molar refractivity (Wildman–Crippen MR) is 97.9 cm³/mol. The molecule has 0 unspecified atom stereocenters. The monoisotopic (exact) mass is 363 g/mol. The number of hydrogen-bond acceptors (Lipinski definition) is 6. The molecule has 0 aliphatic carbocycles. The number of aromatic nitrogens is 1. The molecule has 2 N–H and O–H groups in total. The number of carbonyl (C=O) groups is 1. The molecule has 7 heteroatoms. The van der Waals surface area contributed by atoms with Crippen molar-refractivity contribution < 1.29 is 18.7 Å². The number of amides is 1. The van der Waals surface area contributed by atoms with E-state index < -0.39 is 5.91 Å². The number of nitrogens with two attached hydrogens (primary N) is 1. The molecule has 0 fully saturated rings. The lowest BCUT2D eigenvalue weighted by Crippen LogP contribution is -2.13. The van der Waals surface area contributed by atoms with E-state index >= 15 is 0 Å². The highest BCUT2D eigenvalue weighted by Crippen LogP contribution is 2.34. The van der Waals surface area contributed by atoms with Crippen molar-refractivity contribution in [1.29, 1.82) is 5.26 Å². The second-order valence-corrected chi connectivity index (χ2v) is 5.63. The first-order chi connectivity index (χ1) is 13.1. The fraction of sp³-hybridized carbons (Fsp3) is 0.150. The summed E-state index contributed by atoms with van der Waals surface area (Å²) in [6, 6.07) is 16.4. The van der Waals surface area contributed by atoms with Gasteiger partial charge < -0.3 is 19.6 Å². The van der Waals surface area contributed by atoms with Crippen molar-refractivity contribution >= 4 is 5.91 Å². The van der Waals surface area contributed by atoms with Gasteiger partial charge in [-0.15, -0.1) is 0 Å². The highest BCUT2D eigenvalue weighted by atomic mass is 16.5. The fourth-order valence-electron chi connectivity index (χ4n) is 2.55. The summed E-state index contributed by atoms with van der Waals surface area (Å²) >= 11 is 0. The maximum absolute atomic E-state index is 11.3. The zero-order chi connectivity index (χ0) is 19.2. The van der Waals surface area contributed by atoms with Gasteiger partial charge in [0.15, 0.2) is 12.4 Å². The van der Waals surface area contributed by atoms with E-state index in [9.17, 15) is 4.79 Å². The Hall–Kier alpha value is -3.79. The predicted octanol–water partition coefficient (Wildman–Crippen LogP) is 2.95. The van der Waals surface area contributed by atoms with Crippen LogP contribution in [0.25, 0.3) is 22.6 Å². The van der Waals surface area contributed by atoms with E-state index in [1.807, 2.05) is 30.3 Å². The van der Waals surface area contributed by atoms with E-state index in [1.165, 1.54) is 0 Å². The van der Waals surface area contributed by atoms with Crippen LogP contribution in [0.5, 0.6) is 11.5 Å². The molecule has 0 atom stereocenters. The Bertz CT molecular complexity index is 970. The molecule has 3 rings (SSSR count). The summed E-state index contributed by atoms with van der Waals surface area (Å²) < 4.78 is 16.3. The van der Waals surface area contributed by atoms with E-state index in [2.05, 4.69) is 4.98 Å². The largest absolute Gasteiger partial charge is 0.497 e. The number of oxazole rings is 1. The lowest BCUT2D eigenvalue weighted by atomic mass is 10.1. The van der Waals surface area contributed by atoms with Crippen molar-refractivity contribution in [2.45, 2.75) is 6.42 Å². The lowest BCUT2D eigenvalue weighted by molar-refractivity contribution is -0.117. The number of benzene rings is 2. The fourth-order valence-corrected chi connectivity index (χ4v) is 2.55. The smallest absolute Gasteiger partial charge is 0.226 e. The second kappa shape index (κ2) is 8.06. The molecule has 7 nitrogen and oxygen atoms in total. The Morgan fingerprint density at radius 1 is 1.11 bits per heavy atom. The normalized spacial score (nSPS) is 10.2. The van der Waals surface area contributed by atoms with Gasteiger partial charge in [0.1, 0.15) is 29.7 Å². The average Bonchev–Trinajstić information content (AvgIpc) is 3.10. The minimum absolute atomic E-state index is 0.0263. The van der Waals surface area contributed by atoms with Crippen molar-refractivity contribution in [2.75, 3.05) is 13.7 Å². The van der Waals surface area contributed by atoms with Crippen LogP contribution in [0, 0.1) is 11.3 Å². The first kappa shape index (κ1) is 18.0. The maximum Gasteiger partial charge on any atom is 0.226 e. The molecule has 2 aromatic carbocycles. The topological polar surface area (TPSA) is 111 Å². The number of nitrogens with zero attached hydrogens (tertiary/aromatic N) is 2. The van der Waals surface area contributed by atoms with Gasteiger partial charge in [0.05, 0.1) is 7.11 Å². The molecule has 0 bridgehead atoms. The minimum Gasteiger partial charge on any atom is -0.497 e. The molecule has 0 spiro atoms. The Labute approximate surface area is 156 Å². The first-order valence-electron chi connectivity index (χ1n) is 8.13. The molecule has 1 aromatic heterocycles. The molecule has 0 aliphatic rings. The molecule has 1 amide bonds. The summed E-state index contributed by atoms with van der Waals surface area (Å²) in [5.74, 6) is 1.53. The van der Waals surface area contributed by atoms with Crippen LogP contribution in [-0.4, -0.2) is 24.6 Å². The van der Waals surface area contributed by atoms with Gasteiger partial charge >= 0.3 is 0 Å². The van der Waals surface area contributed by atoms with Gasteiger partial charge in [-0.1, -0.05) is 0 Å². The van der Waals surface area contributed by atoms with Crippen molar-refractivity contribution in [1.82, 2.24) is 4.98 Å². The van der Waals surface area contributed by atoms with Crippen LogP contribution >= 0.6 is 0 Å². The Morgan fingerprint density at radius 3 is 2.33 bits per heavy atom. The van der Waals surface area contributed by atoms with Crippen molar-refractivity contribution in [2.24, 2.45) is 5.73 Å². The van der Waals surface area contributed by atoms with E-state index in [4.69, 9.17) is 24.9 Å². The van der Waals surface area contributed by atoms with Crippen LogP contribution in [0.4, 0.5) is 0 Å². The third kappa shape index (κ3) is 4.25.